The quantitative estimate of drug-likeness (QED) is 0.501. The molecule has 2 aromatic carbocycles. The average molecular weight is 398 g/mol. The average Bonchev–Trinajstić information content (AvgIpc) is 3.19. The Bertz CT molecular complexity index is 807. The number of carbonyl (C=O) groups is 2. The third-order valence-electron chi connectivity index (χ3n) is 4.91. The minimum absolute atomic E-state index is 0.0572. The first-order chi connectivity index (χ1) is 13.7. The normalized spacial score (nSPS) is 13.6. The van der Waals surface area contributed by atoms with Gasteiger partial charge in [-0.05, 0) is 54.5 Å². The number of rotatable bonds is 9. The number of hydrogen-bond donors (Lipinski definition) is 1. The highest BCUT2D eigenvalue weighted by Crippen LogP contribution is 2.27. The van der Waals surface area contributed by atoms with Crippen molar-refractivity contribution in [3.8, 4) is 0 Å². The van der Waals surface area contributed by atoms with Gasteiger partial charge in [0.25, 0.3) is 5.91 Å². The number of fused-ring (bicyclic) bond motifs is 1. The molecule has 0 aliphatic heterocycles. The maximum absolute atomic E-state index is 12.2. The standard InChI is InChI=1S/C23H27NO3S/c1-2-7-21(18-8-4-3-5-9-18)24-22(25)15-27-23(26)16-28-20-13-12-17-10-6-11-19(17)14-20/h3-5,8-9,12-14,21H,2,6-7,10-11,15-16H2,1H3,(H,24,25)/t21-/m1/s1. The zero-order chi connectivity index (χ0) is 19.8. The Morgan fingerprint density at radius 1 is 1.11 bits per heavy atom. The molecule has 0 saturated heterocycles. The molecule has 28 heavy (non-hydrogen) atoms. The van der Waals surface area contributed by atoms with Gasteiger partial charge in [-0.15, -0.1) is 11.8 Å². The summed E-state index contributed by atoms with van der Waals surface area (Å²) >= 11 is 1.46. The van der Waals surface area contributed by atoms with Crippen molar-refractivity contribution in [2.45, 2.75) is 50.0 Å². The number of ether oxygens (including phenoxy) is 1. The van der Waals surface area contributed by atoms with E-state index < -0.39 is 0 Å². The summed E-state index contributed by atoms with van der Waals surface area (Å²) in [5.74, 6) is -0.422. The number of nitrogens with one attached hydrogen (secondary N) is 1. The first kappa shape index (κ1) is 20.5. The molecule has 0 aromatic heterocycles. The molecule has 0 saturated carbocycles. The summed E-state index contributed by atoms with van der Waals surface area (Å²) in [6.45, 7) is 1.84. The summed E-state index contributed by atoms with van der Waals surface area (Å²) in [7, 11) is 0. The molecular formula is C23H27NO3S. The SMILES string of the molecule is CCC[C@@H](NC(=O)COC(=O)CSc1ccc2c(c1)CCC2)c1ccccc1. The van der Waals surface area contributed by atoms with E-state index in [4.69, 9.17) is 4.74 Å². The van der Waals surface area contributed by atoms with Crippen molar-refractivity contribution in [1.29, 1.82) is 0 Å². The molecule has 0 unspecified atom stereocenters. The van der Waals surface area contributed by atoms with Crippen LogP contribution in [-0.4, -0.2) is 24.2 Å². The van der Waals surface area contributed by atoms with Crippen LogP contribution in [0.3, 0.4) is 0 Å². The van der Waals surface area contributed by atoms with Gasteiger partial charge in [0.1, 0.15) is 0 Å². The Labute approximate surface area is 171 Å². The summed E-state index contributed by atoms with van der Waals surface area (Å²) in [5.41, 5.74) is 3.88. The van der Waals surface area contributed by atoms with Gasteiger partial charge < -0.3 is 10.1 Å². The lowest BCUT2D eigenvalue weighted by Gasteiger charge is -2.18. The predicted molar refractivity (Wildman–Crippen MR) is 112 cm³/mol. The summed E-state index contributed by atoms with van der Waals surface area (Å²) in [6, 6.07) is 16.2. The zero-order valence-corrected chi connectivity index (χ0v) is 17.1. The third kappa shape index (κ3) is 5.86. The van der Waals surface area contributed by atoms with Gasteiger partial charge in [0, 0.05) is 4.90 Å². The van der Waals surface area contributed by atoms with E-state index in [1.54, 1.807) is 0 Å². The van der Waals surface area contributed by atoms with Gasteiger partial charge in [-0.3, -0.25) is 9.59 Å². The minimum atomic E-state index is -0.368. The molecule has 1 amide bonds. The fraction of sp³-hybridized carbons (Fsp3) is 0.391. The van der Waals surface area contributed by atoms with E-state index in [9.17, 15) is 9.59 Å². The number of carbonyl (C=O) groups excluding carboxylic acids is 2. The summed E-state index contributed by atoms with van der Waals surface area (Å²) in [4.78, 5) is 25.3. The molecular weight excluding hydrogens is 370 g/mol. The number of amides is 1. The molecule has 1 aliphatic carbocycles. The highest BCUT2D eigenvalue weighted by Gasteiger charge is 2.16. The zero-order valence-electron chi connectivity index (χ0n) is 16.3. The summed E-state index contributed by atoms with van der Waals surface area (Å²) < 4.78 is 5.16. The van der Waals surface area contributed by atoms with Crippen LogP contribution in [0.25, 0.3) is 0 Å². The number of benzene rings is 2. The van der Waals surface area contributed by atoms with Crippen molar-refractivity contribution in [3.05, 3.63) is 65.2 Å². The van der Waals surface area contributed by atoms with Crippen LogP contribution in [-0.2, 0) is 27.2 Å². The fourth-order valence-corrected chi connectivity index (χ4v) is 4.26. The second kappa shape index (κ2) is 10.3. The molecule has 0 bridgehead atoms. The molecule has 0 fully saturated rings. The van der Waals surface area contributed by atoms with E-state index in [0.29, 0.717) is 0 Å². The van der Waals surface area contributed by atoms with Crippen molar-refractivity contribution >= 4 is 23.6 Å². The maximum atomic E-state index is 12.2. The molecule has 0 radical (unpaired) electrons. The molecule has 1 N–H and O–H groups in total. The van der Waals surface area contributed by atoms with Crippen molar-refractivity contribution in [2.75, 3.05) is 12.4 Å². The molecule has 2 aromatic rings. The van der Waals surface area contributed by atoms with Gasteiger partial charge in [-0.25, -0.2) is 0 Å². The maximum Gasteiger partial charge on any atom is 0.316 e. The lowest BCUT2D eigenvalue weighted by molar-refractivity contribution is -0.146. The molecule has 1 atom stereocenters. The number of hydrogen-bond acceptors (Lipinski definition) is 4. The van der Waals surface area contributed by atoms with Crippen molar-refractivity contribution in [1.82, 2.24) is 5.32 Å². The third-order valence-corrected chi connectivity index (χ3v) is 5.87. The van der Waals surface area contributed by atoms with Gasteiger partial charge in [0.15, 0.2) is 6.61 Å². The van der Waals surface area contributed by atoms with E-state index in [0.717, 1.165) is 36.1 Å². The van der Waals surface area contributed by atoms with Crippen LogP contribution in [0.2, 0.25) is 0 Å². The van der Waals surface area contributed by atoms with Crippen LogP contribution in [0.15, 0.2) is 53.4 Å². The van der Waals surface area contributed by atoms with Gasteiger partial charge in [0.2, 0.25) is 0 Å². The molecule has 5 heteroatoms. The fourth-order valence-electron chi connectivity index (χ4n) is 3.50. The van der Waals surface area contributed by atoms with Crippen molar-refractivity contribution in [3.63, 3.8) is 0 Å². The van der Waals surface area contributed by atoms with Crippen LogP contribution < -0.4 is 5.32 Å². The first-order valence-corrected chi connectivity index (χ1v) is 10.9. The van der Waals surface area contributed by atoms with Crippen molar-refractivity contribution in [2.24, 2.45) is 0 Å². The van der Waals surface area contributed by atoms with E-state index in [2.05, 4.69) is 30.4 Å². The summed E-state index contributed by atoms with van der Waals surface area (Å²) in [5, 5.41) is 2.97. The largest absolute Gasteiger partial charge is 0.455 e. The Morgan fingerprint density at radius 3 is 2.68 bits per heavy atom. The molecule has 0 heterocycles. The number of aryl methyl sites for hydroxylation is 2. The van der Waals surface area contributed by atoms with E-state index in [-0.39, 0.29) is 30.3 Å². The molecule has 4 nitrogen and oxygen atoms in total. The van der Waals surface area contributed by atoms with Crippen LogP contribution in [0.1, 0.15) is 48.9 Å². The Balaban J connectivity index is 1.42. The van der Waals surface area contributed by atoms with E-state index in [1.165, 1.54) is 29.3 Å². The van der Waals surface area contributed by atoms with E-state index >= 15 is 0 Å². The number of thioether (sulfide) groups is 1. The topological polar surface area (TPSA) is 55.4 Å². The second-order valence-corrected chi connectivity index (χ2v) is 8.10. The molecule has 0 spiro atoms. The van der Waals surface area contributed by atoms with Crippen LogP contribution in [0.4, 0.5) is 0 Å². The summed E-state index contributed by atoms with van der Waals surface area (Å²) in [6.07, 6.45) is 5.28. The first-order valence-electron chi connectivity index (χ1n) is 9.90. The Kier molecular flexibility index (Phi) is 7.54. The van der Waals surface area contributed by atoms with Crippen molar-refractivity contribution < 1.29 is 14.3 Å². The van der Waals surface area contributed by atoms with Crippen LogP contribution in [0, 0.1) is 0 Å². The van der Waals surface area contributed by atoms with Gasteiger partial charge >= 0.3 is 5.97 Å². The highest BCUT2D eigenvalue weighted by molar-refractivity contribution is 8.00. The molecule has 1 aliphatic rings. The highest BCUT2D eigenvalue weighted by atomic mass is 32.2. The number of esters is 1. The molecule has 3 rings (SSSR count). The van der Waals surface area contributed by atoms with Gasteiger partial charge in [-0.2, -0.15) is 0 Å². The van der Waals surface area contributed by atoms with Gasteiger partial charge in [0.05, 0.1) is 11.8 Å². The molecule has 148 valence electrons. The van der Waals surface area contributed by atoms with Crippen LogP contribution >= 0.6 is 11.8 Å². The van der Waals surface area contributed by atoms with E-state index in [1.807, 2.05) is 30.3 Å². The lowest BCUT2D eigenvalue weighted by atomic mass is 10.0. The lowest BCUT2D eigenvalue weighted by Crippen LogP contribution is -2.32. The Morgan fingerprint density at radius 2 is 1.89 bits per heavy atom. The smallest absolute Gasteiger partial charge is 0.316 e. The Hall–Kier alpha value is -2.27. The monoisotopic (exact) mass is 397 g/mol. The van der Waals surface area contributed by atoms with Gasteiger partial charge in [-0.1, -0.05) is 49.7 Å². The predicted octanol–water partition coefficient (Wildman–Crippen LogP) is 4.47. The minimum Gasteiger partial charge on any atom is -0.455 e. The van der Waals surface area contributed by atoms with Crippen LogP contribution in [0.5, 0.6) is 0 Å². The second-order valence-electron chi connectivity index (χ2n) is 7.05.